The molecule has 3 rings (SSSR count). The van der Waals surface area contributed by atoms with Crippen LogP contribution in [-0.2, 0) is 39.8 Å². The summed E-state index contributed by atoms with van der Waals surface area (Å²) in [6, 6.07) is 12.4. The Bertz CT molecular complexity index is 1650. The smallest absolute Gasteiger partial charge is 0.407 e. The average molecular weight is 819 g/mol. The largest absolute Gasteiger partial charge is 0.444 e. The van der Waals surface area contributed by atoms with E-state index in [4.69, 9.17) is 28.7 Å². The maximum atomic E-state index is 15.1. The summed E-state index contributed by atoms with van der Waals surface area (Å²) in [6.45, 7) is 15.6. The number of carbonyl (C=O) groups is 3. The van der Waals surface area contributed by atoms with Crippen LogP contribution in [0, 0.1) is 17.0 Å². The molecule has 2 amide bonds. The molecule has 12 nitrogen and oxygen atoms in total. The summed E-state index contributed by atoms with van der Waals surface area (Å²) >= 11 is 1.44. The molecule has 3 aromatic rings. The second-order valence-corrected chi connectivity index (χ2v) is 16.4. The van der Waals surface area contributed by atoms with E-state index in [2.05, 4.69) is 5.32 Å². The minimum absolute atomic E-state index is 0.0261. The number of nitrogens with zero attached hydrogens (tertiary/aromatic N) is 3. The Balaban J connectivity index is 1.72. The fourth-order valence-electron chi connectivity index (χ4n) is 5.78. The van der Waals surface area contributed by atoms with Crippen LogP contribution in [-0.4, -0.2) is 116 Å². The number of halogens is 2. The van der Waals surface area contributed by atoms with Crippen molar-refractivity contribution in [1.29, 1.82) is 0 Å². The second kappa shape index (κ2) is 24.8. The molecule has 0 saturated heterocycles. The Hall–Kier alpha value is -3.89. The number of alkyl carbamates (subject to hydrolysis) is 1. The van der Waals surface area contributed by atoms with Crippen molar-refractivity contribution in [3.63, 3.8) is 0 Å². The lowest BCUT2D eigenvalue weighted by Gasteiger charge is -2.40. The van der Waals surface area contributed by atoms with Gasteiger partial charge in [-0.05, 0) is 56.4 Å². The van der Waals surface area contributed by atoms with Crippen LogP contribution in [0.25, 0.3) is 11.3 Å². The molecule has 2 aromatic carbocycles. The van der Waals surface area contributed by atoms with E-state index in [1.807, 2.05) is 55.7 Å². The Kier molecular flexibility index (Phi) is 20.6. The van der Waals surface area contributed by atoms with E-state index >= 15 is 4.39 Å². The first kappa shape index (κ1) is 47.5. The van der Waals surface area contributed by atoms with Crippen molar-refractivity contribution in [3.05, 3.63) is 77.8 Å². The van der Waals surface area contributed by atoms with E-state index in [9.17, 15) is 18.8 Å². The molecular weight excluding hydrogens is 759 g/mol. The summed E-state index contributed by atoms with van der Waals surface area (Å²) in [6.07, 6.45) is 2.78. The monoisotopic (exact) mass is 818 g/mol. The maximum absolute atomic E-state index is 15.1. The van der Waals surface area contributed by atoms with Gasteiger partial charge in [-0.3, -0.25) is 4.79 Å². The third-order valence-electron chi connectivity index (χ3n) is 8.24. The molecule has 0 spiro atoms. The molecule has 316 valence electrons. The lowest BCUT2D eigenvalue weighted by Crippen LogP contribution is -2.44. The molecular formula is C42H60F2N4O8S. The molecule has 0 aliphatic heterocycles. The Morgan fingerprint density at radius 1 is 0.895 bits per heavy atom. The summed E-state index contributed by atoms with van der Waals surface area (Å²) in [7, 11) is 0. The van der Waals surface area contributed by atoms with Gasteiger partial charge in [-0.25, -0.2) is 18.6 Å². The fraction of sp³-hybridized carbons (Fsp3) is 0.571. The predicted molar refractivity (Wildman–Crippen MR) is 217 cm³/mol. The van der Waals surface area contributed by atoms with Gasteiger partial charge < -0.3 is 43.3 Å². The number of rotatable bonds is 26. The molecule has 0 radical (unpaired) electrons. The summed E-state index contributed by atoms with van der Waals surface area (Å²) in [5, 5.41) is 2.78. The molecule has 0 saturated carbocycles. The van der Waals surface area contributed by atoms with Crippen molar-refractivity contribution in [2.75, 3.05) is 77.5 Å². The zero-order valence-electron chi connectivity index (χ0n) is 34.2. The van der Waals surface area contributed by atoms with Crippen molar-refractivity contribution in [2.24, 2.45) is 5.41 Å². The number of nitrogens with one attached hydrogen (secondary N) is 1. The topological polar surface area (TPSA) is 130 Å². The van der Waals surface area contributed by atoms with Crippen LogP contribution in [0.1, 0.15) is 71.8 Å². The van der Waals surface area contributed by atoms with Crippen LogP contribution in [0.3, 0.4) is 0 Å². The first-order valence-electron chi connectivity index (χ1n) is 19.3. The van der Waals surface area contributed by atoms with Crippen LogP contribution >= 0.6 is 11.8 Å². The summed E-state index contributed by atoms with van der Waals surface area (Å²) < 4.78 is 58.8. The Labute approximate surface area is 340 Å². The molecule has 1 aromatic heterocycles. The lowest BCUT2D eigenvalue weighted by atomic mass is 9.84. The normalized spacial score (nSPS) is 12.4. The Morgan fingerprint density at radius 3 is 2.14 bits per heavy atom. The van der Waals surface area contributed by atoms with Crippen molar-refractivity contribution in [1.82, 2.24) is 19.8 Å². The SMILES string of the molecule is CC(C)(C)OC(=O)NCCCN(C(=O)CSCCOCCOCCOCCOCCC=O)C(c1nc(-c2cc(F)ccc2F)cn1Cc1ccccc1)C(C)(C)C. The van der Waals surface area contributed by atoms with Crippen molar-refractivity contribution in [2.45, 2.75) is 72.6 Å². The number of carbonyl (C=O) groups excluding carboxylic acids is 3. The van der Waals surface area contributed by atoms with Gasteiger partial charge in [0.05, 0.1) is 70.3 Å². The predicted octanol–water partition coefficient (Wildman–Crippen LogP) is 7.10. The molecule has 1 heterocycles. The van der Waals surface area contributed by atoms with Crippen LogP contribution in [0.2, 0.25) is 0 Å². The number of imidazole rings is 1. The molecule has 15 heteroatoms. The summed E-state index contributed by atoms with van der Waals surface area (Å²) in [5.74, 6) is -0.0734. The van der Waals surface area contributed by atoms with Gasteiger partial charge in [0.25, 0.3) is 0 Å². The van der Waals surface area contributed by atoms with E-state index in [0.717, 1.165) is 30.0 Å². The van der Waals surface area contributed by atoms with Crippen LogP contribution < -0.4 is 5.32 Å². The van der Waals surface area contributed by atoms with Crippen LogP contribution in [0.15, 0.2) is 54.7 Å². The van der Waals surface area contributed by atoms with Gasteiger partial charge in [-0.2, -0.15) is 0 Å². The number of benzene rings is 2. The van der Waals surface area contributed by atoms with E-state index in [1.165, 1.54) is 11.8 Å². The zero-order chi connectivity index (χ0) is 41.7. The van der Waals surface area contributed by atoms with Gasteiger partial charge in [0.15, 0.2) is 0 Å². The lowest BCUT2D eigenvalue weighted by molar-refractivity contribution is -0.133. The molecule has 0 aliphatic carbocycles. The highest BCUT2D eigenvalue weighted by Gasteiger charge is 2.38. The van der Waals surface area contributed by atoms with E-state index in [1.54, 1.807) is 31.9 Å². The van der Waals surface area contributed by atoms with Gasteiger partial charge in [-0.1, -0.05) is 51.1 Å². The maximum Gasteiger partial charge on any atom is 0.407 e. The number of aldehydes is 1. The second-order valence-electron chi connectivity index (χ2n) is 15.3. The molecule has 1 N–H and O–H groups in total. The van der Waals surface area contributed by atoms with Crippen molar-refractivity contribution >= 4 is 30.0 Å². The van der Waals surface area contributed by atoms with Crippen molar-refractivity contribution < 1.29 is 46.8 Å². The highest BCUT2D eigenvalue weighted by Crippen LogP contribution is 2.40. The van der Waals surface area contributed by atoms with E-state index in [0.29, 0.717) is 83.8 Å². The first-order chi connectivity index (χ1) is 27.2. The van der Waals surface area contributed by atoms with Crippen LogP contribution in [0.5, 0.6) is 0 Å². The standard InChI is InChI=1S/C42H60F2N4O8S/c1-41(2,3)38(39-46-36(34-28-33(43)14-15-35(34)44)30-47(39)29-32-12-8-7-9-13-32)48(17-10-16-45-40(51)56-42(4,5)6)37(50)31-57-27-26-55-25-24-54-23-22-53-21-20-52-19-11-18-49/h7-9,12-15,18,28,30,38H,10-11,16-17,19-27,29,31H2,1-6H3,(H,45,51). The molecule has 0 aliphatic rings. The minimum Gasteiger partial charge on any atom is -0.444 e. The third-order valence-corrected chi connectivity index (χ3v) is 9.15. The number of ether oxygens (including phenoxy) is 5. The number of hydrogen-bond acceptors (Lipinski definition) is 10. The van der Waals surface area contributed by atoms with Crippen molar-refractivity contribution in [3.8, 4) is 11.3 Å². The van der Waals surface area contributed by atoms with E-state index < -0.39 is 34.8 Å². The summed E-state index contributed by atoms with van der Waals surface area (Å²) in [5.41, 5.74) is 0.0354. The van der Waals surface area contributed by atoms with E-state index in [-0.39, 0.29) is 36.0 Å². The van der Waals surface area contributed by atoms with Gasteiger partial charge in [-0.15, -0.1) is 11.8 Å². The number of hydrogen-bond donors (Lipinski definition) is 1. The van der Waals surface area contributed by atoms with Gasteiger partial charge >= 0.3 is 6.09 Å². The Morgan fingerprint density at radius 2 is 1.53 bits per heavy atom. The fourth-order valence-corrected chi connectivity index (χ4v) is 6.50. The highest BCUT2D eigenvalue weighted by atomic mass is 32.2. The minimum atomic E-state index is -0.656. The quantitative estimate of drug-likeness (QED) is 0.0662. The summed E-state index contributed by atoms with van der Waals surface area (Å²) in [4.78, 5) is 43.7. The molecule has 1 unspecified atom stereocenters. The number of aromatic nitrogens is 2. The van der Waals surface area contributed by atoms with Gasteiger partial charge in [0.1, 0.15) is 29.3 Å². The average Bonchev–Trinajstić information content (AvgIpc) is 3.54. The molecule has 0 fully saturated rings. The highest BCUT2D eigenvalue weighted by molar-refractivity contribution is 7.99. The zero-order valence-corrected chi connectivity index (χ0v) is 35.0. The first-order valence-corrected chi connectivity index (χ1v) is 20.5. The molecule has 57 heavy (non-hydrogen) atoms. The third kappa shape index (κ3) is 18.1. The number of amides is 2. The molecule has 0 bridgehead atoms. The molecule has 1 atom stereocenters. The van der Waals surface area contributed by atoms with Gasteiger partial charge in [0.2, 0.25) is 5.91 Å². The van der Waals surface area contributed by atoms with Crippen LogP contribution in [0.4, 0.5) is 13.6 Å². The number of thioether (sulfide) groups is 1. The van der Waals surface area contributed by atoms with Gasteiger partial charge in [0, 0.05) is 43.6 Å².